The zero-order chi connectivity index (χ0) is 8.36. The Balaban J connectivity index is 4.12. The molecule has 8 heteroatoms. The van der Waals surface area contributed by atoms with Crippen LogP contribution in [-0.2, 0) is 21.2 Å². The maximum Gasteiger partial charge on any atom is 0.278 e. The van der Waals surface area contributed by atoms with Crippen LogP contribution in [0.3, 0.4) is 0 Å². The molecule has 0 radical (unpaired) electrons. The van der Waals surface area contributed by atoms with E-state index in [2.05, 4.69) is 12.6 Å². The minimum Gasteiger partial charge on any atom is -0.306 e. The summed E-state index contributed by atoms with van der Waals surface area (Å²) in [7, 11) is -4.29. The molecule has 0 aliphatic heterocycles. The molecule has 10 heavy (non-hydrogen) atoms. The van der Waals surface area contributed by atoms with Gasteiger partial charge in [-0.25, -0.2) is 4.21 Å². The Morgan fingerprint density at radius 3 is 2.10 bits per heavy atom. The van der Waals surface area contributed by atoms with Crippen LogP contribution < -0.4 is 0 Å². The summed E-state index contributed by atoms with van der Waals surface area (Å²) in [4.78, 5) is 0. The largest absolute Gasteiger partial charge is 0.306 e. The fourth-order valence-electron chi connectivity index (χ4n) is 0.208. The number of hydrogen-bond acceptors (Lipinski definition) is 4. The Hall–Kier alpha value is 0.370. The lowest BCUT2D eigenvalue weighted by molar-refractivity contribution is 0.480. The summed E-state index contributed by atoms with van der Waals surface area (Å²) >= 11 is 1.10. The van der Waals surface area contributed by atoms with E-state index >= 15 is 0 Å². The first-order valence-corrected chi connectivity index (χ1v) is 5.35. The summed E-state index contributed by atoms with van der Waals surface area (Å²) in [5.74, 6) is -0.595. The van der Waals surface area contributed by atoms with Crippen LogP contribution >= 0.6 is 12.6 Å². The average Bonchev–Trinajstić information content (AvgIpc) is 1.60. The molecule has 0 aromatic rings. The monoisotopic (exact) mass is 206 g/mol. The average molecular weight is 206 g/mol. The fourth-order valence-corrected chi connectivity index (χ4v) is 1.87. The first kappa shape index (κ1) is 10.4. The van der Waals surface area contributed by atoms with Gasteiger partial charge in [0, 0.05) is 0 Å². The molecule has 62 valence electrons. The van der Waals surface area contributed by atoms with Gasteiger partial charge in [0.05, 0.1) is 5.75 Å². The molecule has 2 atom stereocenters. The smallest absolute Gasteiger partial charge is 0.278 e. The Kier molecular flexibility index (Phi) is 3.81. The molecule has 0 amide bonds. The highest BCUT2D eigenvalue weighted by Gasteiger charge is 2.20. The van der Waals surface area contributed by atoms with E-state index in [1.54, 1.807) is 0 Å². The standard InChI is InChI=1S/C2H6O5S3/c3-9(4)1-2(8)10(5,6)7/h2,8H,1H2,(H,3,4)(H,5,6,7). The molecular weight excluding hydrogens is 200 g/mol. The van der Waals surface area contributed by atoms with Crippen molar-refractivity contribution in [3.8, 4) is 0 Å². The normalized spacial score (nSPS) is 18.3. The molecule has 0 heterocycles. The van der Waals surface area contributed by atoms with Crippen LogP contribution in [0.25, 0.3) is 0 Å². The van der Waals surface area contributed by atoms with Crippen molar-refractivity contribution in [1.82, 2.24) is 0 Å². The van der Waals surface area contributed by atoms with Crippen LogP contribution in [0.5, 0.6) is 0 Å². The molecule has 0 aromatic carbocycles. The quantitative estimate of drug-likeness (QED) is 0.324. The third-order valence-corrected chi connectivity index (χ3v) is 3.54. The van der Waals surface area contributed by atoms with Crippen LogP contribution in [-0.4, -0.2) is 32.1 Å². The topological polar surface area (TPSA) is 91.7 Å². The first-order chi connectivity index (χ1) is 4.34. The van der Waals surface area contributed by atoms with Crippen molar-refractivity contribution in [3.05, 3.63) is 0 Å². The summed E-state index contributed by atoms with van der Waals surface area (Å²) in [5, 5.41) is 0. The van der Waals surface area contributed by atoms with E-state index in [1.165, 1.54) is 0 Å². The van der Waals surface area contributed by atoms with Gasteiger partial charge >= 0.3 is 0 Å². The molecule has 0 aromatic heterocycles. The van der Waals surface area contributed by atoms with Gasteiger partial charge < -0.3 is 4.55 Å². The molecule has 2 unspecified atom stereocenters. The maximum atomic E-state index is 10.1. The molecule has 0 spiro atoms. The summed E-state index contributed by atoms with van der Waals surface area (Å²) in [6, 6.07) is 0. The van der Waals surface area contributed by atoms with Crippen LogP contribution in [0, 0.1) is 0 Å². The number of rotatable bonds is 3. The van der Waals surface area contributed by atoms with Crippen LogP contribution in [0.4, 0.5) is 0 Å². The Labute approximate surface area is 66.3 Å². The van der Waals surface area contributed by atoms with Crippen molar-refractivity contribution < 1.29 is 21.7 Å². The zero-order valence-corrected chi connectivity index (χ0v) is 7.19. The minimum absolute atomic E-state index is 0.595. The van der Waals surface area contributed by atoms with Gasteiger partial charge in [0.2, 0.25) is 0 Å². The number of hydrogen-bond donors (Lipinski definition) is 3. The van der Waals surface area contributed by atoms with Crippen molar-refractivity contribution in [1.29, 1.82) is 0 Å². The SMILES string of the molecule is O=S(O)CC(S)S(=O)(=O)O. The lowest BCUT2D eigenvalue weighted by Crippen LogP contribution is -2.20. The van der Waals surface area contributed by atoms with E-state index in [-0.39, 0.29) is 0 Å². The molecule has 0 saturated carbocycles. The lowest BCUT2D eigenvalue weighted by Gasteiger charge is -2.01. The predicted octanol–water partition coefficient (Wildman–Crippen LogP) is -0.648. The minimum atomic E-state index is -4.29. The molecule has 0 bridgehead atoms. The molecule has 0 aliphatic rings. The Morgan fingerprint density at radius 1 is 1.60 bits per heavy atom. The van der Waals surface area contributed by atoms with Crippen molar-refractivity contribution in [3.63, 3.8) is 0 Å². The van der Waals surface area contributed by atoms with E-state index in [4.69, 9.17) is 9.11 Å². The van der Waals surface area contributed by atoms with Crippen molar-refractivity contribution in [2.45, 2.75) is 4.58 Å². The Morgan fingerprint density at radius 2 is 2.00 bits per heavy atom. The van der Waals surface area contributed by atoms with Gasteiger partial charge in [-0.1, -0.05) is 0 Å². The molecule has 0 rings (SSSR count). The van der Waals surface area contributed by atoms with E-state index < -0.39 is 31.5 Å². The fraction of sp³-hybridized carbons (Fsp3) is 1.00. The van der Waals surface area contributed by atoms with Crippen LogP contribution in [0.1, 0.15) is 0 Å². The van der Waals surface area contributed by atoms with E-state index in [1.807, 2.05) is 0 Å². The second-order valence-corrected chi connectivity index (χ2v) is 5.01. The van der Waals surface area contributed by atoms with Gasteiger partial charge in [-0.3, -0.25) is 4.55 Å². The third-order valence-electron chi connectivity index (χ3n) is 0.629. The van der Waals surface area contributed by atoms with Crippen molar-refractivity contribution in [2.75, 3.05) is 5.75 Å². The van der Waals surface area contributed by atoms with E-state index in [9.17, 15) is 12.6 Å². The molecule has 0 fully saturated rings. The summed E-state index contributed by atoms with van der Waals surface area (Å²) < 4.78 is 45.0. The maximum absolute atomic E-state index is 10.1. The summed E-state index contributed by atoms with van der Waals surface area (Å²) in [6.45, 7) is 0. The first-order valence-electron chi connectivity index (χ1n) is 2.06. The lowest BCUT2D eigenvalue weighted by atomic mass is 10.9. The van der Waals surface area contributed by atoms with Gasteiger partial charge in [0.25, 0.3) is 10.1 Å². The summed E-state index contributed by atoms with van der Waals surface area (Å²) in [5.41, 5.74) is 0. The van der Waals surface area contributed by atoms with Gasteiger partial charge in [-0.15, -0.1) is 0 Å². The van der Waals surface area contributed by atoms with Crippen molar-refractivity contribution in [2.24, 2.45) is 0 Å². The van der Waals surface area contributed by atoms with Gasteiger partial charge in [0.1, 0.15) is 4.58 Å². The van der Waals surface area contributed by atoms with Crippen LogP contribution in [0.15, 0.2) is 0 Å². The Bertz CT molecular complexity index is 217. The second-order valence-electron chi connectivity index (χ2n) is 1.46. The molecule has 0 aliphatic carbocycles. The highest BCUT2D eigenvalue weighted by Crippen LogP contribution is 2.03. The highest BCUT2D eigenvalue weighted by atomic mass is 32.3. The molecule has 2 N–H and O–H groups in total. The zero-order valence-electron chi connectivity index (χ0n) is 4.67. The van der Waals surface area contributed by atoms with Gasteiger partial charge in [-0.2, -0.15) is 21.0 Å². The third kappa shape index (κ3) is 4.23. The summed E-state index contributed by atoms with van der Waals surface area (Å²) in [6.07, 6.45) is 0. The van der Waals surface area contributed by atoms with Gasteiger partial charge in [-0.05, 0) is 0 Å². The predicted molar refractivity (Wildman–Crippen MR) is 40.0 cm³/mol. The molecule has 0 saturated heterocycles. The molecule has 5 nitrogen and oxygen atoms in total. The number of thiol groups is 1. The van der Waals surface area contributed by atoms with Crippen LogP contribution in [0.2, 0.25) is 0 Å². The van der Waals surface area contributed by atoms with Gasteiger partial charge in [0.15, 0.2) is 11.1 Å². The van der Waals surface area contributed by atoms with Crippen molar-refractivity contribution >= 4 is 33.8 Å². The molecular formula is C2H6O5S3. The van der Waals surface area contributed by atoms with E-state index in [0.717, 1.165) is 0 Å². The van der Waals surface area contributed by atoms with E-state index in [0.29, 0.717) is 0 Å². The second kappa shape index (κ2) is 3.67. The highest BCUT2D eigenvalue weighted by molar-refractivity contribution is 8.02.